The van der Waals surface area contributed by atoms with Crippen LogP contribution in [0, 0.1) is 0 Å². The maximum atomic E-state index is 12.7. The molecular formula is C33H62O10S. The van der Waals surface area contributed by atoms with E-state index in [1.165, 1.54) is 89.9 Å². The van der Waals surface area contributed by atoms with Gasteiger partial charge in [0.05, 0.1) is 6.61 Å². The van der Waals surface area contributed by atoms with Crippen LogP contribution in [0.3, 0.4) is 0 Å². The second-order valence-electron chi connectivity index (χ2n) is 12.3. The molecular weight excluding hydrogens is 588 g/mol. The molecule has 2 N–H and O–H groups in total. The Bertz CT molecular complexity index is 834. The van der Waals surface area contributed by atoms with E-state index in [2.05, 4.69) is 18.0 Å². The Hall–Kier alpha value is -1.27. The smallest absolute Gasteiger partial charge is 0.397 e. The van der Waals surface area contributed by atoms with Gasteiger partial charge < -0.3 is 19.3 Å². The highest BCUT2D eigenvalue weighted by Crippen LogP contribution is 2.25. The lowest BCUT2D eigenvalue weighted by Crippen LogP contribution is -2.57. The Balaban J connectivity index is 2.44. The Morgan fingerprint density at radius 1 is 0.614 bits per heavy atom. The van der Waals surface area contributed by atoms with Gasteiger partial charge >= 0.3 is 22.3 Å². The highest BCUT2D eigenvalue weighted by molar-refractivity contribution is 7.80. The van der Waals surface area contributed by atoms with Gasteiger partial charge in [-0.25, -0.2) is 4.18 Å². The first-order valence-corrected chi connectivity index (χ1v) is 18.9. The maximum Gasteiger partial charge on any atom is 0.397 e. The van der Waals surface area contributed by atoms with Crippen LogP contribution in [0.1, 0.15) is 168 Å². The van der Waals surface area contributed by atoms with E-state index in [1.54, 1.807) is 0 Å². The van der Waals surface area contributed by atoms with Gasteiger partial charge in [0, 0.05) is 12.8 Å². The van der Waals surface area contributed by atoms with Crippen LogP contribution in [0.15, 0.2) is 0 Å². The largest absolute Gasteiger partial charge is 0.455 e. The number of carbonyl (C=O) groups excluding carboxylic acids is 2. The summed E-state index contributed by atoms with van der Waals surface area (Å²) in [6.45, 7) is 3.94. The van der Waals surface area contributed by atoms with Crippen molar-refractivity contribution in [1.29, 1.82) is 0 Å². The van der Waals surface area contributed by atoms with Gasteiger partial charge in [-0.1, -0.05) is 142 Å². The molecule has 11 heteroatoms. The molecule has 0 bridgehead atoms. The summed E-state index contributed by atoms with van der Waals surface area (Å²) in [6.07, 6.45) is 18.9. The van der Waals surface area contributed by atoms with Gasteiger partial charge in [0.1, 0.15) is 6.10 Å². The number of carbonyl (C=O) groups is 2. The van der Waals surface area contributed by atoms with Crippen molar-refractivity contribution in [2.45, 2.75) is 193 Å². The standard InChI is InChI=1S/C33H62O10S/c1-3-5-7-9-11-13-15-17-19-21-23-25-29(34)41-31-28(43-44(37,38)39)27-40-33(36)32(31)42-30(35)26-24-22-20-18-16-14-12-10-8-6-4-2/h28,31-33,36H,3-27H2,1-2H3,(H,37,38,39)/t28-,31+,32-,33-/m1/s1. The first-order chi connectivity index (χ1) is 21.2. The average molecular weight is 651 g/mol. The van der Waals surface area contributed by atoms with Crippen LogP contribution in [0.4, 0.5) is 0 Å². The van der Waals surface area contributed by atoms with Crippen LogP contribution in [0.5, 0.6) is 0 Å². The molecule has 1 aliphatic rings. The van der Waals surface area contributed by atoms with Crippen molar-refractivity contribution in [1.82, 2.24) is 0 Å². The van der Waals surface area contributed by atoms with Crippen LogP contribution in [-0.2, 0) is 38.4 Å². The predicted molar refractivity (Wildman–Crippen MR) is 170 cm³/mol. The van der Waals surface area contributed by atoms with Gasteiger partial charge in [0.25, 0.3) is 0 Å². The molecule has 260 valence electrons. The van der Waals surface area contributed by atoms with Gasteiger partial charge in [0.2, 0.25) is 0 Å². The normalized spacial score (nSPS) is 20.5. The van der Waals surface area contributed by atoms with Crippen LogP contribution in [0.2, 0.25) is 0 Å². The van der Waals surface area contributed by atoms with Crippen LogP contribution < -0.4 is 0 Å². The van der Waals surface area contributed by atoms with Crippen molar-refractivity contribution in [2.24, 2.45) is 0 Å². The number of hydrogen-bond donors (Lipinski definition) is 2. The van der Waals surface area contributed by atoms with E-state index in [1.807, 2.05) is 0 Å². The van der Waals surface area contributed by atoms with E-state index >= 15 is 0 Å². The monoisotopic (exact) mass is 650 g/mol. The number of rotatable bonds is 28. The fraction of sp³-hybridized carbons (Fsp3) is 0.939. The van der Waals surface area contributed by atoms with E-state index in [9.17, 15) is 27.7 Å². The number of aliphatic hydroxyl groups excluding tert-OH is 1. The van der Waals surface area contributed by atoms with Crippen LogP contribution >= 0.6 is 0 Å². The lowest BCUT2D eigenvalue weighted by atomic mass is 10.0. The average Bonchev–Trinajstić information content (AvgIpc) is 2.97. The fourth-order valence-electron chi connectivity index (χ4n) is 5.55. The van der Waals surface area contributed by atoms with Crippen LogP contribution in [0.25, 0.3) is 0 Å². The van der Waals surface area contributed by atoms with Gasteiger partial charge in [0.15, 0.2) is 18.5 Å². The summed E-state index contributed by atoms with van der Waals surface area (Å²) in [6, 6.07) is 0. The zero-order chi connectivity index (χ0) is 32.5. The van der Waals surface area contributed by atoms with Gasteiger partial charge in [-0.15, -0.1) is 0 Å². The number of aliphatic hydroxyl groups is 1. The Morgan fingerprint density at radius 2 is 0.955 bits per heavy atom. The number of unbranched alkanes of at least 4 members (excludes halogenated alkanes) is 20. The van der Waals surface area contributed by atoms with Crippen molar-refractivity contribution in [3.05, 3.63) is 0 Å². The molecule has 4 atom stereocenters. The lowest BCUT2D eigenvalue weighted by Gasteiger charge is -2.38. The second kappa shape index (κ2) is 25.9. The predicted octanol–water partition coefficient (Wildman–Crippen LogP) is 7.75. The maximum absolute atomic E-state index is 12.7. The zero-order valence-electron chi connectivity index (χ0n) is 27.6. The molecule has 1 rings (SSSR count). The van der Waals surface area contributed by atoms with Crippen molar-refractivity contribution < 1.29 is 46.1 Å². The quantitative estimate of drug-likeness (QED) is 0.0489. The molecule has 0 radical (unpaired) electrons. The van der Waals surface area contributed by atoms with Crippen molar-refractivity contribution in [3.8, 4) is 0 Å². The molecule has 10 nitrogen and oxygen atoms in total. The highest BCUT2D eigenvalue weighted by Gasteiger charge is 2.47. The molecule has 1 aliphatic heterocycles. The summed E-state index contributed by atoms with van der Waals surface area (Å²) in [5.74, 6) is -1.25. The molecule has 0 saturated carbocycles. The number of hydrogen-bond acceptors (Lipinski definition) is 9. The third-order valence-electron chi connectivity index (χ3n) is 8.15. The SMILES string of the molecule is CCCCCCCCCCCCCC(=O)O[C@@H]1[C@@H](OC(=O)CCCCCCCCCCCCC)[C@H](OS(=O)(=O)O)CO[C@H]1O. The first kappa shape index (κ1) is 40.8. The second-order valence-corrected chi connectivity index (χ2v) is 13.3. The van der Waals surface area contributed by atoms with Crippen LogP contribution in [-0.4, -0.2) is 61.2 Å². The van der Waals surface area contributed by atoms with E-state index in [-0.39, 0.29) is 12.8 Å². The molecule has 0 amide bonds. The van der Waals surface area contributed by atoms with Crippen molar-refractivity contribution in [2.75, 3.05) is 6.61 Å². The first-order valence-electron chi connectivity index (χ1n) is 17.5. The minimum Gasteiger partial charge on any atom is -0.455 e. The summed E-state index contributed by atoms with van der Waals surface area (Å²) in [5, 5.41) is 10.4. The van der Waals surface area contributed by atoms with E-state index in [4.69, 9.17) is 14.2 Å². The lowest BCUT2D eigenvalue weighted by molar-refractivity contribution is -0.261. The Labute approximate surface area is 267 Å². The fourth-order valence-corrected chi connectivity index (χ4v) is 6.03. The van der Waals surface area contributed by atoms with Gasteiger partial charge in [-0.3, -0.25) is 14.1 Å². The molecule has 0 aromatic carbocycles. The summed E-state index contributed by atoms with van der Waals surface area (Å²) < 4.78 is 52.8. The topological polar surface area (TPSA) is 146 Å². The summed E-state index contributed by atoms with van der Waals surface area (Å²) in [5.41, 5.74) is 0. The molecule has 44 heavy (non-hydrogen) atoms. The third kappa shape index (κ3) is 21.5. The van der Waals surface area contributed by atoms with E-state index in [0.717, 1.165) is 38.5 Å². The Morgan fingerprint density at radius 3 is 1.32 bits per heavy atom. The molecule has 0 spiro atoms. The van der Waals surface area contributed by atoms with E-state index in [0.29, 0.717) is 12.8 Å². The zero-order valence-corrected chi connectivity index (χ0v) is 28.4. The third-order valence-corrected chi connectivity index (χ3v) is 8.64. The molecule has 1 saturated heterocycles. The molecule has 0 unspecified atom stereocenters. The van der Waals surface area contributed by atoms with Crippen molar-refractivity contribution >= 4 is 22.3 Å². The molecule has 0 aromatic heterocycles. The summed E-state index contributed by atoms with van der Waals surface area (Å²) in [4.78, 5) is 25.2. The minimum absolute atomic E-state index is 0.0858. The molecule has 1 fully saturated rings. The van der Waals surface area contributed by atoms with Gasteiger partial charge in [-0.2, -0.15) is 8.42 Å². The number of esters is 2. The van der Waals surface area contributed by atoms with Gasteiger partial charge in [-0.05, 0) is 12.8 Å². The summed E-state index contributed by atoms with van der Waals surface area (Å²) in [7, 11) is -4.93. The number of ether oxygens (including phenoxy) is 3. The molecule has 0 aliphatic carbocycles. The Kier molecular flexibility index (Phi) is 24.0. The highest BCUT2D eigenvalue weighted by atomic mass is 32.3. The summed E-state index contributed by atoms with van der Waals surface area (Å²) >= 11 is 0. The molecule has 1 heterocycles. The van der Waals surface area contributed by atoms with E-state index < -0.39 is 53.5 Å². The minimum atomic E-state index is -4.93. The van der Waals surface area contributed by atoms with Crippen molar-refractivity contribution in [3.63, 3.8) is 0 Å². The molecule has 0 aromatic rings.